The fourth-order valence-electron chi connectivity index (χ4n) is 1.59. The van der Waals surface area contributed by atoms with E-state index < -0.39 is 8.03 Å². The van der Waals surface area contributed by atoms with Gasteiger partial charge < -0.3 is 0 Å². The minimum Gasteiger partial charge on any atom is -0.161 e. The fraction of sp³-hybridized carbons (Fsp3) is 1.00. The zero-order valence-electron chi connectivity index (χ0n) is 6.53. The van der Waals surface area contributed by atoms with Gasteiger partial charge in [0.2, 0.25) is 0 Å². The first-order chi connectivity index (χ1) is 4.79. The molecule has 2 nitrogen and oxygen atoms in total. The Labute approximate surface area is 79.0 Å². The molecule has 0 aliphatic heterocycles. The number of halogens is 1. The molecule has 0 aromatic carbocycles. The fourth-order valence-corrected chi connectivity index (χ4v) is 2.40. The first-order valence-electron chi connectivity index (χ1n) is 3.92. The normalized spacial score (nSPS) is 20.6. The molecule has 1 N–H and O–H groups in total. The monoisotopic (exact) mass is 241 g/mol. The third kappa shape index (κ3) is 4.89. The zero-order valence-corrected chi connectivity index (χ0v) is 9.14. The van der Waals surface area contributed by atoms with Crippen molar-refractivity contribution in [2.24, 2.45) is 5.92 Å². The molecule has 1 aliphatic carbocycles. The number of hydrogen-bond donors (Lipinski definition) is 1. The molecule has 1 unspecified atom stereocenters. The van der Waals surface area contributed by atoms with Crippen LogP contribution in [-0.2, 0) is 4.57 Å². The molecule has 0 heterocycles. The Balaban J connectivity index is 0.000001000. The summed E-state index contributed by atoms with van der Waals surface area (Å²) in [6.45, 7) is 0. The van der Waals surface area contributed by atoms with E-state index in [0.29, 0.717) is 12.1 Å². The van der Waals surface area contributed by atoms with E-state index >= 15 is 0 Å². The Morgan fingerprint density at radius 3 is 2.27 bits per heavy atom. The first kappa shape index (κ1) is 11.5. The van der Waals surface area contributed by atoms with Crippen LogP contribution in [0.1, 0.15) is 32.1 Å². The predicted molar refractivity (Wildman–Crippen MR) is 51.6 cm³/mol. The van der Waals surface area contributed by atoms with E-state index in [1.165, 1.54) is 32.1 Å². The number of hydrogen-bond acceptors (Lipinski definition) is 1. The highest BCUT2D eigenvalue weighted by Crippen LogP contribution is 2.30. The van der Waals surface area contributed by atoms with Crippen LogP contribution in [0.4, 0.5) is 0 Å². The van der Waals surface area contributed by atoms with Crippen LogP contribution in [0.25, 0.3) is 0 Å². The van der Waals surface area contributed by atoms with Crippen LogP contribution in [-0.4, -0.2) is 11.1 Å². The average molecular weight is 242 g/mol. The molecule has 0 bridgehead atoms. The molecule has 0 amide bonds. The Hall–Kier alpha value is 0.540. The summed E-state index contributed by atoms with van der Waals surface area (Å²) < 4.78 is 10.4. The second kappa shape index (κ2) is 6.10. The lowest BCUT2D eigenvalue weighted by molar-refractivity contribution is 0.378. The van der Waals surface area contributed by atoms with Gasteiger partial charge in [-0.1, -0.05) is 19.3 Å². The van der Waals surface area contributed by atoms with Gasteiger partial charge in [0.1, 0.15) is 0 Å². The molecule has 0 spiro atoms. The van der Waals surface area contributed by atoms with Crippen molar-refractivity contribution in [3.8, 4) is 0 Å². The summed E-state index contributed by atoms with van der Waals surface area (Å²) in [4.78, 5) is 8.61. The molecule has 0 aromatic heterocycles. The maximum Gasteiger partial charge on any atom is 0.505 e. The van der Waals surface area contributed by atoms with Crippen LogP contribution in [0, 0.1) is 5.92 Å². The van der Waals surface area contributed by atoms with Gasteiger partial charge >= 0.3 is 8.03 Å². The number of rotatable bonds is 2. The molecule has 66 valence electrons. The minimum atomic E-state index is -1.87. The van der Waals surface area contributed by atoms with Gasteiger partial charge in [-0.3, -0.25) is 0 Å². The summed E-state index contributed by atoms with van der Waals surface area (Å²) in [6, 6.07) is 0. The Morgan fingerprint density at radius 2 is 1.82 bits per heavy atom. The molecular formula is C7H15BrO2P+. The smallest absolute Gasteiger partial charge is 0.161 e. The van der Waals surface area contributed by atoms with Crippen molar-refractivity contribution < 1.29 is 9.46 Å². The largest absolute Gasteiger partial charge is 0.505 e. The van der Waals surface area contributed by atoms with Crippen LogP contribution in [0.15, 0.2) is 0 Å². The van der Waals surface area contributed by atoms with Gasteiger partial charge in [0.05, 0.1) is 0 Å². The first-order valence-corrected chi connectivity index (χ1v) is 5.32. The van der Waals surface area contributed by atoms with Gasteiger partial charge in [0.25, 0.3) is 0 Å². The maximum atomic E-state index is 10.4. The van der Waals surface area contributed by atoms with Crippen LogP contribution in [0.5, 0.6) is 0 Å². The van der Waals surface area contributed by atoms with Crippen molar-refractivity contribution in [3.05, 3.63) is 0 Å². The molecule has 1 atom stereocenters. The van der Waals surface area contributed by atoms with E-state index in [4.69, 9.17) is 4.89 Å². The van der Waals surface area contributed by atoms with Crippen LogP contribution >= 0.6 is 25.0 Å². The molecule has 1 fully saturated rings. The SMILES string of the molecule is Br.O=[P+](O)CC1CCCCC1. The molecule has 1 saturated carbocycles. The van der Waals surface area contributed by atoms with E-state index in [9.17, 15) is 4.57 Å². The summed E-state index contributed by atoms with van der Waals surface area (Å²) in [5.74, 6) is 0.544. The molecule has 11 heavy (non-hydrogen) atoms. The Kier molecular flexibility index (Phi) is 6.40. The summed E-state index contributed by atoms with van der Waals surface area (Å²) in [5, 5.41) is 0. The van der Waals surface area contributed by atoms with E-state index in [2.05, 4.69) is 0 Å². The standard InChI is InChI=1S/C7H13O2P.BrH/c8-10(9)6-7-4-2-1-3-5-7;/h7H,1-6H2;1H/p+1. The van der Waals surface area contributed by atoms with Crippen molar-refractivity contribution in [3.63, 3.8) is 0 Å². The summed E-state index contributed by atoms with van der Waals surface area (Å²) >= 11 is 0. The molecule has 1 rings (SSSR count). The zero-order chi connectivity index (χ0) is 7.40. The van der Waals surface area contributed by atoms with Crippen molar-refractivity contribution in [2.45, 2.75) is 32.1 Å². The van der Waals surface area contributed by atoms with Crippen LogP contribution in [0.3, 0.4) is 0 Å². The third-order valence-electron chi connectivity index (χ3n) is 2.14. The van der Waals surface area contributed by atoms with Crippen LogP contribution in [0.2, 0.25) is 0 Å². The Bertz CT molecular complexity index is 124. The molecule has 0 aromatic rings. The molecule has 0 radical (unpaired) electrons. The van der Waals surface area contributed by atoms with Crippen molar-refractivity contribution in [1.82, 2.24) is 0 Å². The van der Waals surface area contributed by atoms with Gasteiger partial charge in [-0.05, 0) is 17.4 Å². The molecule has 4 heteroatoms. The summed E-state index contributed by atoms with van der Waals surface area (Å²) in [5.41, 5.74) is 0. The average Bonchev–Trinajstić information content (AvgIpc) is 1.88. The van der Waals surface area contributed by atoms with Gasteiger partial charge in [-0.15, -0.1) is 17.0 Å². The predicted octanol–water partition coefficient (Wildman–Crippen LogP) is 2.88. The third-order valence-corrected chi connectivity index (χ3v) is 2.97. The van der Waals surface area contributed by atoms with Gasteiger partial charge in [-0.25, -0.2) is 0 Å². The highest BCUT2D eigenvalue weighted by molar-refractivity contribution is 8.93. The highest BCUT2D eigenvalue weighted by Gasteiger charge is 2.22. The van der Waals surface area contributed by atoms with E-state index in [1.54, 1.807) is 0 Å². The molecular weight excluding hydrogens is 227 g/mol. The second-order valence-electron chi connectivity index (χ2n) is 3.04. The Morgan fingerprint density at radius 1 is 1.27 bits per heavy atom. The lowest BCUT2D eigenvalue weighted by atomic mass is 9.91. The lowest BCUT2D eigenvalue weighted by Crippen LogP contribution is -2.08. The highest BCUT2D eigenvalue weighted by atomic mass is 79.9. The second-order valence-corrected chi connectivity index (χ2v) is 4.11. The van der Waals surface area contributed by atoms with Gasteiger partial charge in [-0.2, -0.15) is 4.89 Å². The summed E-state index contributed by atoms with van der Waals surface area (Å²) in [7, 11) is -1.87. The van der Waals surface area contributed by atoms with Crippen molar-refractivity contribution in [2.75, 3.05) is 6.16 Å². The van der Waals surface area contributed by atoms with E-state index in [-0.39, 0.29) is 17.0 Å². The van der Waals surface area contributed by atoms with Gasteiger partial charge in [0.15, 0.2) is 6.16 Å². The van der Waals surface area contributed by atoms with Crippen LogP contribution < -0.4 is 0 Å². The van der Waals surface area contributed by atoms with E-state index in [1.807, 2.05) is 0 Å². The van der Waals surface area contributed by atoms with Crippen molar-refractivity contribution in [1.29, 1.82) is 0 Å². The topological polar surface area (TPSA) is 37.3 Å². The van der Waals surface area contributed by atoms with Gasteiger partial charge in [0, 0.05) is 5.92 Å². The summed E-state index contributed by atoms with van der Waals surface area (Å²) in [6.07, 6.45) is 6.71. The quantitative estimate of drug-likeness (QED) is 0.756. The van der Waals surface area contributed by atoms with Crippen molar-refractivity contribution >= 4 is 25.0 Å². The lowest BCUT2D eigenvalue weighted by Gasteiger charge is -2.15. The molecule has 0 saturated heterocycles. The van der Waals surface area contributed by atoms with E-state index in [0.717, 1.165) is 0 Å². The molecule has 1 aliphatic rings. The maximum absolute atomic E-state index is 10.4. The minimum absolute atomic E-state index is 0.